The van der Waals surface area contributed by atoms with Gasteiger partial charge in [0.15, 0.2) is 5.75 Å². The van der Waals surface area contributed by atoms with Gasteiger partial charge in [-0.15, -0.1) is 0 Å². The topological polar surface area (TPSA) is 109 Å². The van der Waals surface area contributed by atoms with Gasteiger partial charge in [-0.3, -0.25) is 19.2 Å². The van der Waals surface area contributed by atoms with E-state index >= 15 is 0 Å². The van der Waals surface area contributed by atoms with Crippen molar-refractivity contribution in [3.63, 3.8) is 0 Å². The van der Waals surface area contributed by atoms with Gasteiger partial charge in [0.25, 0.3) is 5.91 Å². The van der Waals surface area contributed by atoms with E-state index in [2.05, 4.69) is 15.2 Å². The molecule has 0 unspecified atom stereocenters. The van der Waals surface area contributed by atoms with Gasteiger partial charge in [-0.1, -0.05) is 25.4 Å². The summed E-state index contributed by atoms with van der Waals surface area (Å²) in [4.78, 5) is 29.9. The van der Waals surface area contributed by atoms with Crippen molar-refractivity contribution in [3.05, 3.63) is 41.2 Å². The monoisotopic (exact) mass is 569 g/mol. The van der Waals surface area contributed by atoms with E-state index in [-0.39, 0.29) is 28.5 Å². The van der Waals surface area contributed by atoms with Crippen LogP contribution in [-0.2, 0) is 19.9 Å². The fourth-order valence-electron chi connectivity index (χ4n) is 5.25. The first-order chi connectivity index (χ1) is 18.5. The highest BCUT2D eigenvalue weighted by molar-refractivity contribution is 6.30. The summed E-state index contributed by atoms with van der Waals surface area (Å²) in [5, 5.41) is 17.3. The highest BCUT2D eigenvalue weighted by Gasteiger charge is 2.46. The number of carbonyl (C=O) groups is 2. The van der Waals surface area contributed by atoms with Crippen molar-refractivity contribution in [2.24, 2.45) is 0 Å². The molecular formula is C26H34ClF2N5O5. The Morgan fingerprint density at radius 2 is 1.92 bits per heavy atom. The number of carboxylic acids is 1. The van der Waals surface area contributed by atoms with Crippen LogP contribution in [0, 0.1) is 0 Å². The molecule has 13 heteroatoms. The number of hydrogen-bond acceptors (Lipinski definition) is 7. The van der Waals surface area contributed by atoms with Gasteiger partial charge in [0.1, 0.15) is 11.6 Å². The second kappa shape index (κ2) is 12.2. The molecule has 0 saturated carbocycles. The van der Waals surface area contributed by atoms with Crippen LogP contribution in [0.2, 0.25) is 5.02 Å². The first-order valence-electron chi connectivity index (χ1n) is 12.9. The average Bonchev–Trinajstić information content (AvgIpc) is 3.35. The number of alkyl halides is 2. The Bertz CT molecular complexity index is 1170. The highest BCUT2D eigenvalue weighted by Crippen LogP contribution is 2.37. The molecule has 0 aliphatic carbocycles. The van der Waals surface area contributed by atoms with E-state index < -0.39 is 30.1 Å². The summed E-state index contributed by atoms with van der Waals surface area (Å²) < 4.78 is 37.7. The number of benzene rings is 1. The van der Waals surface area contributed by atoms with Crippen LogP contribution in [0.3, 0.4) is 0 Å². The molecule has 214 valence electrons. The van der Waals surface area contributed by atoms with Crippen LogP contribution in [0.5, 0.6) is 5.75 Å². The van der Waals surface area contributed by atoms with E-state index in [0.717, 1.165) is 5.69 Å². The lowest BCUT2D eigenvalue weighted by molar-refractivity contribution is -0.151. The summed E-state index contributed by atoms with van der Waals surface area (Å²) in [6, 6.07) is 5.30. The van der Waals surface area contributed by atoms with Crippen LogP contribution < -0.4 is 10.1 Å². The molecule has 0 radical (unpaired) electrons. The molecule has 2 aliphatic rings. The van der Waals surface area contributed by atoms with Crippen LogP contribution in [0.4, 0.5) is 14.5 Å². The summed E-state index contributed by atoms with van der Waals surface area (Å²) in [5.74, 6) is -1.49. The van der Waals surface area contributed by atoms with Crippen molar-refractivity contribution in [2.45, 2.75) is 56.9 Å². The number of methoxy groups -OCH3 is 1. The van der Waals surface area contributed by atoms with Gasteiger partial charge in [0, 0.05) is 62.8 Å². The number of carboxylic acid groups (broad SMARTS) is 1. The van der Waals surface area contributed by atoms with Crippen LogP contribution in [0.15, 0.2) is 30.5 Å². The Morgan fingerprint density at radius 3 is 2.51 bits per heavy atom. The lowest BCUT2D eigenvalue weighted by Crippen LogP contribution is -2.62. The normalized spacial score (nSPS) is 19.2. The lowest BCUT2D eigenvalue weighted by atomic mass is 9.85. The largest absolute Gasteiger partial charge is 0.480 e. The van der Waals surface area contributed by atoms with Crippen LogP contribution in [-0.4, -0.2) is 95.2 Å². The minimum absolute atomic E-state index is 0.0330. The number of aromatic nitrogens is 2. The lowest BCUT2D eigenvalue weighted by Gasteiger charge is -2.45. The average molecular weight is 570 g/mol. The number of halogens is 3. The number of nitrogens with one attached hydrogen (secondary N) is 1. The first kappa shape index (κ1) is 29.2. The molecule has 10 nitrogen and oxygen atoms in total. The van der Waals surface area contributed by atoms with Gasteiger partial charge < -0.3 is 24.8 Å². The second-order valence-corrected chi connectivity index (χ2v) is 10.7. The van der Waals surface area contributed by atoms with Crippen molar-refractivity contribution in [2.75, 3.05) is 45.2 Å². The zero-order chi connectivity index (χ0) is 28.3. The molecule has 39 heavy (non-hydrogen) atoms. The van der Waals surface area contributed by atoms with Gasteiger partial charge in [-0.2, -0.15) is 13.9 Å². The molecule has 2 N–H and O–H groups in total. The Balaban J connectivity index is 1.57. The Hall–Kier alpha value is -2.80. The summed E-state index contributed by atoms with van der Waals surface area (Å²) >= 11 is 5.97. The number of nitrogens with zero attached hydrogens (tertiary/aromatic N) is 4. The third kappa shape index (κ3) is 6.34. The number of hydrogen-bond donors (Lipinski definition) is 2. The van der Waals surface area contributed by atoms with Crippen LogP contribution >= 0.6 is 11.6 Å². The molecule has 1 aromatic heterocycles. The quantitative estimate of drug-likeness (QED) is 0.423. The van der Waals surface area contributed by atoms with Gasteiger partial charge in [-0.05, 0) is 37.0 Å². The molecule has 4 rings (SSSR count). The number of aliphatic carboxylic acids is 1. The number of carbonyl (C=O) groups excluding carboxylic acids is 1. The minimum Gasteiger partial charge on any atom is -0.480 e. The third-order valence-electron chi connectivity index (χ3n) is 7.55. The number of likely N-dealkylation sites (tertiary alicyclic amines) is 2. The molecule has 2 fully saturated rings. The molecule has 2 aliphatic heterocycles. The Labute approximate surface area is 230 Å². The number of ether oxygens (including phenoxy) is 2. The zero-order valence-corrected chi connectivity index (χ0v) is 22.9. The first-order valence-corrected chi connectivity index (χ1v) is 13.2. The molecule has 0 spiro atoms. The minimum atomic E-state index is -3.09. The maximum Gasteiger partial charge on any atom is 0.387 e. The van der Waals surface area contributed by atoms with E-state index in [1.165, 1.54) is 18.2 Å². The molecule has 0 bridgehead atoms. The van der Waals surface area contributed by atoms with Crippen LogP contribution in [0.1, 0.15) is 38.3 Å². The second-order valence-electron chi connectivity index (χ2n) is 10.3. The number of anilines is 1. The van der Waals surface area contributed by atoms with Gasteiger partial charge in [0.05, 0.1) is 11.8 Å². The summed E-state index contributed by atoms with van der Waals surface area (Å²) in [6.45, 7) is 3.21. The van der Waals surface area contributed by atoms with Crippen LogP contribution in [0.25, 0.3) is 0 Å². The molecular weight excluding hydrogens is 536 g/mol. The fraction of sp³-hybridized carbons (Fsp3) is 0.577. The zero-order valence-electron chi connectivity index (χ0n) is 22.1. The maximum absolute atomic E-state index is 14.0. The van der Waals surface area contributed by atoms with E-state index in [1.54, 1.807) is 18.0 Å². The van der Waals surface area contributed by atoms with Gasteiger partial charge >= 0.3 is 12.6 Å². The van der Waals surface area contributed by atoms with E-state index in [0.29, 0.717) is 45.6 Å². The highest BCUT2D eigenvalue weighted by atomic mass is 35.5. The molecule has 1 aromatic carbocycles. The number of amides is 1. The molecule has 1 amide bonds. The van der Waals surface area contributed by atoms with Crippen molar-refractivity contribution in [1.29, 1.82) is 0 Å². The van der Waals surface area contributed by atoms with Crippen molar-refractivity contribution in [3.8, 4) is 5.75 Å². The predicted octanol–water partition coefficient (Wildman–Crippen LogP) is 3.47. The fourth-order valence-corrected chi connectivity index (χ4v) is 5.41. The summed E-state index contributed by atoms with van der Waals surface area (Å²) in [5.41, 5.74) is -0.202. The number of rotatable bonds is 11. The molecule has 1 atom stereocenters. The summed E-state index contributed by atoms with van der Waals surface area (Å²) in [7, 11) is 1.61. The number of piperidine rings is 1. The van der Waals surface area contributed by atoms with Gasteiger partial charge in [-0.25, -0.2) is 0 Å². The third-order valence-corrected chi connectivity index (χ3v) is 7.78. The van der Waals surface area contributed by atoms with Crippen molar-refractivity contribution < 1.29 is 33.0 Å². The van der Waals surface area contributed by atoms with E-state index in [4.69, 9.17) is 16.3 Å². The Kier molecular flexibility index (Phi) is 9.10. The van der Waals surface area contributed by atoms with E-state index in [1.807, 2.05) is 29.7 Å². The van der Waals surface area contributed by atoms with Gasteiger partial charge in [0.2, 0.25) is 0 Å². The predicted molar refractivity (Wildman–Crippen MR) is 140 cm³/mol. The SMILES string of the molecule is COC1CN([C@@H](CN2CCC(C(=O)Nc3ccc(Cl)cc3OC(F)F)(n3nccc3C(C)C)CC2)C(=O)O)C1. The smallest absolute Gasteiger partial charge is 0.387 e. The Morgan fingerprint density at radius 1 is 1.23 bits per heavy atom. The van der Waals surface area contributed by atoms with Crippen molar-refractivity contribution >= 4 is 29.2 Å². The molecule has 3 heterocycles. The van der Waals surface area contributed by atoms with Crippen molar-refractivity contribution in [1.82, 2.24) is 19.6 Å². The standard InChI is InChI=1S/C26H34ClF2N5O5/c1-16(2)20-6-9-30-34(20)26(24(37)31-19-5-4-17(27)12-22(19)39-25(28)29)7-10-32(11-8-26)15-21(23(35)36)33-13-18(14-33)38-3/h4-6,9,12,16,18,21,25H,7-8,10-11,13-15H2,1-3H3,(H,31,37)(H,35,36)/t21-/m0/s1. The van der Waals surface area contributed by atoms with E-state index in [9.17, 15) is 23.5 Å². The maximum atomic E-state index is 14.0. The molecule has 2 aromatic rings. The molecule has 2 saturated heterocycles. The summed E-state index contributed by atoms with van der Waals surface area (Å²) in [6.07, 6.45) is 2.35.